The lowest BCUT2D eigenvalue weighted by molar-refractivity contribution is -0.130. The van der Waals surface area contributed by atoms with Crippen LogP contribution >= 0.6 is 11.5 Å². The molecule has 8 heteroatoms. The van der Waals surface area contributed by atoms with E-state index in [-0.39, 0.29) is 11.9 Å². The van der Waals surface area contributed by atoms with Gasteiger partial charge in [-0.2, -0.15) is 9.36 Å². The lowest BCUT2D eigenvalue weighted by atomic mass is 9.89. The van der Waals surface area contributed by atoms with Gasteiger partial charge >= 0.3 is 0 Å². The van der Waals surface area contributed by atoms with E-state index in [1.54, 1.807) is 14.0 Å². The van der Waals surface area contributed by atoms with E-state index in [1.165, 1.54) is 17.1 Å². The maximum absolute atomic E-state index is 12.3. The molecule has 2 saturated heterocycles. The first-order chi connectivity index (χ1) is 13.0. The summed E-state index contributed by atoms with van der Waals surface area (Å²) < 4.78 is 9.71. The smallest absolute Gasteiger partial charge is 0.238 e. The van der Waals surface area contributed by atoms with Crippen LogP contribution in [0.5, 0.6) is 5.75 Å². The second kappa shape index (κ2) is 6.99. The zero-order valence-corrected chi connectivity index (χ0v) is 16.9. The number of likely N-dealkylation sites (tertiary alicyclic amines) is 1. The van der Waals surface area contributed by atoms with Crippen LogP contribution in [0, 0.1) is 11.8 Å². The molecule has 2 aliphatic rings. The van der Waals surface area contributed by atoms with Gasteiger partial charge in [-0.15, -0.1) is 0 Å². The van der Waals surface area contributed by atoms with Crippen LogP contribution in [0.1, 0.15) is 18.5 Å². The zero-order valence-electron chi connectivity index (χ0n) is 16.1. The molecule has 1 aromatic carbocycles. The number of carbonyl (C=O) groups is 1. The number of aromatic nitrogens is 2. The fraction of sp³-hybridized carbons (Fsp3) is 0.526. The van der Waals surface area contributed by atoms with Crippen molar-refractivity contribution in [3.05, 3.63) is 29.8 Å². The summed E-state index contributed by atoms with van der Waals surface area (Å²) in [5, 5.41) is 0.968. The van der Waals surface area contributed by atoms with E-state index in [4.69, 9.17) is 4.74 Å². The quantitative estimate of drug-likeness (QED) is 0.802. The van der Waals surface area contributed by atoms with Gasteiger partial charge in [-0.1, -0.05) is 12.1 Å². The maximum Gasteiger partial charge on any atom is 0.238 e. The molecule has 7 nitrogen and oxygen atoms in total. The maximum atomic E-state index is 12.3. The molecule has 0 N–H and O–H groups in total. The van der Waals surface area contributed by atoms with Crippen molar-refractivity contribution in [2.45, 2.75) is 13.0 Å². The highest BCUT2D eigenvalue weighted by molar-refractivity contribution is 7.09. The average molecular weight is 388 g/mol. The molecule has 1 aromatic heterocycles. The number of nitrogens with zero attached hydrogens (tertiary/aromatic N) is 5. The molecule has 0 unspecified atom stereocenters. The Kier molecular flexibility index (Phi) is 4.67. The molecule has 4 rings (SSSR count). The first-order valence-electron chi connectivity index (χ1n) is 9.15. The van der Waals surface area contributed by atoms with E-state index in [1.807, 2.05) is 36.0 Å². The summed E-state index contributed by atoms with van der Waals surface area (Å²) in [5.74, 6) is 2.58. The third-order valence-corrected chi connectivity index (χ3v) is 6.37. The minimum absolute atomic E-state index is 0.102. The van der Waals surface area contributed by atoms with E-state index in [2.05, 4.69) is 26.4 Å². The number of ether oxygens (including phenoxy) is 1. The first-order valence-corrected chi connectivity index (χ1v) is 9.92. The van der Waals surface area contributed by atoms with Gasteiger partial charge in [-0.25, -0.2) is 0 Å². The number of rotatable bonds is 4. The van der Waals surface area contributed by atoms with Gasteiger partial charge in [0.05, 0.1) is 13.2 Å². The third kappa shape index (κ3) is 3.22. The van der Waals surface area contributed by atoms with Crippen molar-refractivity contribution >= 4 is 28.5 Å². The number of amides is 1. The standard InChI is InChI=1S/C19H25N5O2S/c1-12(25)24-10-14-9-23(19-20-18(21-27-19)22(2)3)11-16(14)17(24)13-5-7-15(26-4)8-6-13/h5-8,14,16-17H,9-11H2,1-4H3/t14-,16-,17+/m1/s1. The van der Waals surface area contributed by atoms with Crippen LogP contribution in [-0.4, -0.2) is 61.0 Å². The lowest BCUT2D eigenvalue weighted by Crippen LogP contribution is -2.34. The minimum atomic E-state index is 0.102. The Morgan fingerprint density at radius 1 is 1.22 bits per heavy atom. The fourth-order valence-electron chi connectivity index (χ4n) is 4.27. The van der Waals surface area contributed by atoms with E-state index < -0.39 is 0 Å². The van der Waals surface area contributed by atoms with Crippen molar-refractivity contribution < 1.29 is 9.53 Å². The average Bonchev–Trinajstić information content (AvgIpc) is 3.35. The van der Waals surface area contributed by atoms with Crippen molar-refractivity contribution in [3.8, 4) is 5.75 Å². The number of anilines is 2. The second-order valence-electron chi connectivity index (χ2n) is 7.49. The second-order valence-corrected chi connectivity index (χ2v) is 8.22. The molecule has 2 aliphatic heterocycles. The highest BCUT2D eigenvalue weighted by atomic mass is 32.1. The summed E-state index contributed by atoms with van der Waals surface area (Å²) in [7, 11) is 5.57. The zero-order chi connectivity index (χ0) is 19.1. The van der Waals surface area contributed by atoms with Gasteiger partial charge in [0.1, 0.15) is 5.75 Å². The minimum Gasteiger partial charge on any atom is -0.497 e. The highest BCUT2D eigenvalue weighted by Gasteiger charge is 2.49. The Morgan fingerprint density at radius 3 is 2.56 bits per heavy atom. The summed E-state index contributed by atoms with van der Waals surface area (Å²) in [6.07, 6.45) is 0. The van der Waals surface area contributed by atoms with Gasteiger partial charge in [0.2, 0.25) is 17.0 Å². The van der Waals surface area contributed by atoms with Gasteiger partial charge in [-0.05, 0) is 17.7 Å². The normalized spacial score (nSPS) is 24.2. The number of carbonyl (C=O) groups excluding carboxylic acids is 1. The highest BCUT2D eigenvalue weighted by Crippen LogP contribution is 2.46. The lowest BCUT2D eigenvalue weighted by Gasteiger charge is -2.29. The number of methoxy groups -OCH3 is 1. The van der Waals surface area contributed by atoms with Crippen molar-refractivity contribution in [2.24, 2.45) is 11.8 Å². The largest absolute Gasteiger partial charge is 0.497 e. The van der Waals surface area contributed by atoms with Crippen molar-refractivity contribution in [2.75, 3.05) is 50.6 Å². The molecule has 27 heavy (non-hydrogen) atoms. The van der Waals surface area contributed by atoms with Crippen LogP contribution in [0.4, 0.5) is 11.1 Å². The molecular weight excluding hydrogens is 362 g/mol. The monoisotopic (exact) mass is 387 g/mol. The van der Waals surface area contributed by atoms with Crippen molar-refractivity contribution in [1.29, 1.82) is 0 Å². The van der Waals surface area contributed by atoms with E-state index in [9.17, 15) is 4.79 Å². The molecule has 2 fully saturated rings. The van der Waals surface area contributed by atoms with Gasteiger partial charge in [0.15, 0.2) is 0 Å². The van der Waals surface area contributed by atoms with Crippen LogP contribution in [0.15, 0.2) is 24.3 Å². The van der Waals surface area contributed by atoms with Gasteiger partial charge in [0, 0.05) is 64.0 Å². The fourth-order valence-corrected chi connectivity index (χ4v) is 5.03. The molecule has 1 amide bonds. The van der Waals surface area contributed by atoms with Crippen LogP contribution in [0.2, 0.25) is 0 Å². The van der Waals surface area contributed by atoms with Crippen LogP contribution < -0.4 is 14.5 Å². The first kappa shape index (κ1) is 18.0. The molecule has 144 valence electrons. The van der Waals surface area contributed by atoms with Crippen LogP contribution in [-0.2, 0) is 4.79 Å². The molecule has 0 radical (unpaired) electrons. The van der Waals surface area contributed by atoms with E-state index in [0.29, 0.717) is 11.8 Å². The Labute approximate surface area is 163 Å². The number of hydrogen-bond acceptors (Lipinski definition) is 7. The Bertz CT molecular complexity index is 822. The van der Waals surface area contributed by atoms with Crippen molar-refractivity contribution in [3.63, 3.8) is 0 Å². The Balaban J connectivity index is 1.58. The Hall–Kier alpha value is -2.35. The third-order valence-electron chi connectivity index (χ3n) is 5.60. The van der Waals surface area contributed by atoms with Gasteiger partial charge in [0.25, 0.3) is 0 Å². The molecule has 3 heterocycles. The summed E-state index contributed by atoms with van der Waals surface area (Å²) in [4.78, 5) is 23.2. The van der Waals surface area contributed by atoms with E-state index >= 15 is 0 Å². The Morgan fingerprint density at radius 2 is 1.96 bits per heavy atom. The SMILES string of the molecule is COc1ccc([C@H]2[C@@H]3CN(c4nc(N(C)C)ns4)C[C@@H]3CN2C(C)=O)cc1. The summed E-state index contributed by atoms with van der Waals surface area (Å²) in [5.41, 5.74) is 1.17. The number of benzene rings is 1. The van der Waals surface area contributed by atoms with Crippen molar-refractivity contribution in [1.82, 2.24) is 14.3 Å². The topological polar surface area (TPSA) is 61.8 Å². The van der Waals surface area contributed by atoms with Crippen LogP contribution in [0.25, 0.3) is 0 Å². The predicted molar refractivity (Wildman–Crippen MR) is 107 cm³/mol. The summed E-state index contributed by atoms with van der Waals surface area (Å²) >= 11 is 1.45. The summed E-state index contributed by atoms with van der Waals surface area (Å²) in [6, 6.07) is 8.22. The van der Waals surface area contributed by atoms with Gasteiger partial charge < -0.3 is 19.4 Å². The molecule has 3 atom stereocenters. The predicted octanol–water partition coefficient (Wildman–Crippen LogP) is 2.27. The number of fused-ring (bicyclic) bond motifs is 1. The van der Waals surface area contributed by atoms with Gasteiger partial charge in [-0.3, -0.25) is 4.79 Å². The molecule has 0 bridgehead atoms. The number of hydrogen-bond donors (Lipinski definition) is 0. The molecule has 2 aromatic rings. The molecular formula is C19H25N5O2S. The summed E-state index contributed by atoms with van der Waals surface area (Å²) in [6.45, 7) is 4.28. The van der Waals surface area contributed by atoms with E-state index in [0.717, 1.165) is 36.5 Å². The molecule has 0 saturated carbocycles. The van der Waals surface area contributed by atoms with Crippen LogP contribution in [0.3, 0.4) is 0 Å². The molecule has 0 spiro atoms. The molecule has 0 aliphatic carbocycles.